The Bertz CT molecular complexity index is 893. The van der Waals surface area contributed by atoms with Gasteiger partial charge in [0.15, 0.2) is 5.65 Å². The van der Waals surface area contributed by atoms with E-state index in [9.17, 15) is 9.90 Å². The Morgan fingerprint density at radius 1 is 1.33 bits per heavy atom. The number of rotatable bonds is 3. The molecule has 1 saturated heterocycles. The Morgan fingerprint density at radius 2 is 2.25 bits per heavy atom. The van der Waals surface area contributed by atoms with E-state index in [2.05, 4.69) is 20.4 Å². The lowest BCUT2D eigenvalue weighted by molar-refractivity contribution is 0.0790. The third-order valence-electron chi connectivity index (χ3n) is 4.05. The second-order valence-electron chi connectivity index (χ2n) is 5.76. The van der Waals surface area contributed by atoms with Gasteiger partial charge in [-0.1, -0.05) is 0 Å². The van der Waals surface area contributed by atoms with Crippen molar-refractivity contribution in [3.8, 4) is 5.75 Å². The number of nitrogens with zero attached hydrogens (tertiary/aromatic N) is 5. The molecule has 0 aromatic carbocycles. The lowest BCUT2D eigenvalue weighted by Crippen LogP contribution is -2.31. The molecule has 1 amide bonds. The van der Waals surface area contributed by atoms with Crippen molar-refractivity contribution >= 4 is 17.4 Å². The second-order valence-corrected chi connectivity index (χ2v) is 5.76. The minimum atomic E-state index is -0.124. The molecule has 8 nitrogen and oxygen atoms in total. The number of hydrogen-bond acceptors (Lipinski definition) is 6. The molecular formula is C16H16N6O2. The Morgan fingerprint density at radius 3 is 3.12 bits per heavy atom. The van der Waals surface area contributed by atoms with E-state index in [4.69, 9.17) is 0 Å². The predicted octanol–water partition coefficient (Wildman–Crippen LogP) is 1.16. The molecule has 1 unspecified atom stereocenters. The third-order valence-corrected chi connectivity index (χ3v) is 4.05. The monoisotopic (exact) mass is 324 g/mol. The molecular weight excluding hydrogens is 308 g/mol. The normalized spacial score (nSPS) is 17.3. The maximum Gasteiger partial charge on any atom is 0.255 e. The topological polar surface area (TPSA) is 95.6 Å². The van der Waals surface area contributed by atoms with Crippen molar-refractivity contribution in [3.63, 3.8) is 0 Å². The van der Waals surface area contributed by atoms with Gasteiger partial charge in [-0.2, -0.15) is 0 Å². The van der Waals surface area contributed by atoms with Crippen LogP contribution in [-0.2, 0) is 0 Å². The number of hydrogen-bond donors (Lipinski definition) is 2. The van der Waals surface area contributed by atoms with E-state index < -0.39 is 0 Å². The minimum Gasteiger partial charge on any atom is -0.506 e. The van der Waals surface area contributed by atoms with Crippen LogP contribution in [0.15, 0.2) is 43.0 Å². The van der Waals surface area contributed by atoms with Crippen molar-refractivity contribution in [2.75, 3.05) is 18.4 Å². The third kappa shape index (κ3) is 2.73. The number of aromatic hydroxyl groups is 1. The molecule has 1 aliphatic heterocycles. The Balaban J connectivity index is 1.43. The van der Waals surface area contributed by atoms with Crippen LogP contribution in [0.2, 0.25) is 0 Å². The molecule has 1 atom stereocenters. The zero-order valence-electron chi connectivity index (χ0n) is 12.8. The molecule has 8 heteroatoms. The molecule has 0 saturated carbocycles. The van der Waals surface area contributed by atoms with Crippen molar-refractivity contribution < 1.29 is 9.90 Å². The summed E-state index contributed by atoms with van der Waals surface area (Å²) in [5.41, 5.74) is 1.19. The van der Waals surface area contributed by atoms with Gasteiger partial charge in [0.25, 0.3) is 5.91 Å². The summed E-state index contributed by atoms with van der Waals surface area (Å²) in [5, 5.41) is 17.2. The number of carbonyl (C=O) groups excluding carboxylic acids is 1. The molecule has 2 N–H and O–H groups in total. The Labute approximate surface area is 137 Å². The van der Waals surface area contributed by atoms with Crippen molar-refractivity contribution in [1.29, 1.82) is 0 Å². The summed E-state index contributed by atoms with van der Waals surface area (Å²) < 4.78 is 1.71. The fraction of sp³-hybridized carbons (Fsp3) is 0.250. The average molecular weight is 324 g/mol. The molecule has 122 valence electrons. The molecule has 0 radical (unpaired) electrons. The lowest BCUT2D eigenvalue weighted by atomic mass is 10.2. The molecule has 3 aromatic heterocycles. The van der Waals surface area contributed by atoms with Crippen molar-refractivity contribution in [2.24, 2.45) is 0 Å². The fourth-order valence-electron chi connectivity index (χ4n) is 2.89. The standard InChI is InChI=1S/C16H16N6O2/c23-13-7-11(8-17-9-13)16(24)21-5-3-12(10-21)19-14-1-2-15-18-4-6-22(15)20-14/h1-2,4,6-9,12,23H,3,5,10H2,(H,19,20). The highest BCUT2D eigenvalue weighted by Gasteiger charge is 2.27. The molecule has 0 aliphatic carbocycles. The molecule has 1 fully saturated rings. The van der Waals surface area contributed by atoms with E-state index in [1.54, 1.807) is 21.8 Å². The van der Waals surface area contributed by atoms with Crippen LogP contribution in [0.5, 0.6) is 5.75 Å². The first kappa shape index (κ1) is 14.4. The van der Waals surface area contributed by atoms with Gasteiger partial charge in [-0.05, 0) is 24.6 Å². The van der Waals surface area contributed by atoms with Gasteiger partial charge >= 0.3 is 0 Å². The number of amides is 1. The molecule has 4 rings (SSSR count). The minimum absolute atomic E-state index is 0.00689. The quantitative estimate of drug-likeness (QED) is 0.750. The zero-order valence-corrected chi connectivity index (χ0v) is 12.8. The highest BCUT2D eigenvalue weighted by Crippen LogP contribution is 2.18. The van der Waals surface area contributed by atoms with Crippen molar-refractivity contribution in [2.45, 2.75) is 12.5 Å². The second kappa shape index (κ2) is 5.80. The van der Waals surface area contributed by atoms with Crippen LogP contribution in [0.1, 0.15) is 16.8 Å². The number of carbonyl (C=O) groups is 1. The van der Waals surface area contributed by atoms with Gasteiger partial charge in [0.2, 0.25) is 0 Å². The van der Waals surface area contributed by atoms with E-state index in [0.717, 1.165) is 17.9 Å². The van der Waals surface area contributed by atoms with Crippen molar-refractivity contribution in [1.82, 2.24) is 24.5 Å². The van der Waals surface area contributed by atoms with Crippen LogP contribution in [-0.4, -0.2) is 54.6 Å². The van der Waals surface area contributed by atoms with E-state index in [0.29, 0.717) is 18.7 Å². The summed E-state index contributed by atoms with van der Waals surface area (Å²) in [6, 6.07) is 5.34. The lowest BCUT2D eigenvalue weighted by Gasteiger charge is -2.17. The van der Waals surface area contributed by atoms with Gasteiger partial charge in [0.05, 0.1) is 11.8 Å². The van der Waals surface area contributed by atoms with Gasteiger partial charge in [-0.25, -0.2) is 9.50 Å². The molecule has 3 aromatic rings. The fourth-order valence-corrected chi connectivity index (χ4v) is 2.89. The Kier molecular flexibility index (Phi) is 3.49. The first-order chi connectivity index (χ1) is 11.7. The molecule has 24 heavy (non-hydrogen) atoms. The van der Waals surface area contributed by atoms with E-state index >= 15 is 0 Å². The van der Waals surface area contributed by atoms with E-state index in [-0.39, 0.29) is 17.7 Å². The summed E-state index contributed by atoms with van der Waals surface area (Å²) in [6.45, 7) is 1.23. The first-order valence-electron chi connectivity index (χ1n) is 7.69. The van der Waals surface area contributed by atoms with Crippen LogP contribution in [0.25, 0.3) is 5.65 Å². The summed E-state index contributed by atoms with van der Waals surface area (Å²) in [6.07, 6.45) is 7.10. The maximum absolute atomic E-state index is 12.5. The molecule has 4 heterocycles. The van der Waals surface area contributed by atoms with Crippen molar-refractivity contribution in [3.05, 3.63) is 48.5 Å². The van der Waals surface area contributed by atoms with E-state index in [1.807, 2.05) is 12.1 Å². The van der Waals surface area contributed by atoms with Gasteiger partial charge in [-0.15, -0.1) is 5.10 Å². The number of nitrogens with one attached hydrogen (secondary N) is 1. The summed E-state index contributed by atoms with van der Waals surface area (Å²) in [7, 11) is 0. The zero-order chi connectivity index (χ0) is 16.5. The van der Waals surface area contributed by atoms with Gasteiger partial charge < -0.3 is 15.3 Å². The average Bonchev–Trinajstić information content (AvgIpc) is 3.23. The molecule has 0 spiro atoms. The molecule has 0 bridgehead atoms. The molecule has 1 aliphatic rings. The van der Waals surface area contributed by atoms with Crippen LogP contribution in [0.3, 0.4) is 0 Å². The smallest absolute Gasteiger partial charge is 0.255 e. The Hall–Kier alpha value is -3.16. The van der Waals surface area contributed by atoms with Gasteiger partial charge in [0, 0.05) is 37.7 Å². The number of anilines is 1. The number of fused-ring (bicyclic) bond motifs is 1. The van der Waals surface area contributed by atoms with Gasteiger partial charge in [-0.3, -0.25) is 9.78 Å². The maximum atomic E-state index is 12.5. The van der Waals surface area contributed by atoms with E-state index in [1.165, 1.54) is 18.5 Å². The van der Waals surface area contributed by atoms with Crippen LogP contribution in [0, 0.1) is 0 Å². The first-order valence-corrected chi connectivity index (χ1v) is 7.69. The summed E-state index contributed by atoms with van der Waals surface area (Å²) in [5.74, 6) is 0.618. The number of pyridine rings is 1. The highest BCUT2D eigenvalue weighted by molar-refractivity contribution is 5.94. The highest BCUT2D eigenvalue weighted by atomic mass is 16.3. The van der Waals surface area contributed by atoms with Crippen LogP contribution in [0.4, 0.5) is 5.82 Å². The van der Waals surface area contributed by atoms with Crippen LogP contribution < -0.4 is 5.32 Å². The summed E-state index contributed by atoms with van der Waals surface area (Å²) in [4.78, 5) is 22.2. The summed E-state index contributed by atoms with van der Waals surface area (Å²) >= 11 is 0. The number of likely N-dealkylation sites (tertiary alicyclic amines) is 1. The number of imidazole rings is 1. The van der Waals surface area contributed by atoms with Crippen LogP contribution >= 0.6 is 0 Å². The van der Waals surface area contributed by atoms with Gasteiger partial charge in [0.1, 0.15) is 11.6 Å². The predicted molar refractivity (Wildman–Crippen MR) is 86.8 cm³/mol. The SMILES string of the molecule is O=C(c1cncc(O)c1)N1CCC(Nc2ccc3nccn3n2)C1. The number of aromatic nitrogens is 4. The largest absolute Gasteiger partial charge is 0.506 e.